The van der Waals surface area contributed by atoms with Gasteiger partial charge >= 0.3 is 0 Å². The molecule has 2 heterocycles. The van der Waals surface area contributed by atoms with E-state index in [1.807, 2.05) is 19.1 Å². The zero-order chi connectivity index (χ0) is 23.4. The van der Waals surface area contributed by atoms with Gasteiger partial charge in [0.15, 0.2) is 0 Å². The van der Waals surface area contributed by atoms with Gasteiger partial charge in [0.25, 0.3) is 0 Å². The normalized spacial score (nSPS) is 20.1. The maximum Gasteiger partial charge on any atom is 0.236 e. The molecule has 0 amide bonds. The zero-order valence-electron chi connectivity index (χ0n) is 19.6. The second-order valence-corrected chi connectivity index (χ2v) is 10.1. The van der Waals surface area contributed by atoms with Crippen LogP contribution in [0.15, 0.2) is 12.1 Å². The molecule has 4 N–H and O–H groups in total. The first-order valence-electron chi connectivity index (χ1n) is 12.2. The molecule has 2 fully saturated rings. The van der Waals surface area contributed by atoms with Crippen LogP contribution in [0.25, 0.3) is 0 Å². The van der Waals surface area contributed by atoms with Crippen LogP contribution in [0.5, 0.6) is 0 Å². The van der Waals surface area contributed by atoms with Crippen LogP contribution in [0.3, 0.4) is 0 Å². The maximum atomic E-state index is 6.54. The molecule has 2 atom stereocenters. The van der Waals surface area contributed by atoms with Gasteiger partial charge in [-0.2, -0.15) is 15.0 Å². The lowest BCUT2D eigenvalue weighted by molar-refractivity contribution is 0.373. The standard InChI is InChI=1S/C24H35Cl2N7/c1-3-21(20-10-7-11-28-20)33(17-12-18(25)15(2)19(26)13-17)24-31-22(27)30-23(32-24)29-14-16-8-5-4-6-9-16/h12-13,16,20-21,28H,3-11,14H2,1-2H3,(H3,27,29,30,31,32). The van der Waals surface area contributed by atoms with Crippen molar-refractivity contribution < 1.29 is 0 Å². The summed E-state index contributed by atoms with van der Waals surface area (Å²) in [5.74, 6) is 1.89. The number of nitrogens with two attached hydrogens (primary N) is 1. The monoisotopic (exact) mass is 491 g/mol. The third-order valence-corrected chi connectivity index (χ3v) is 7.77. The first-order valence-corrected chi connectivity index (χ1v) is 13.0. The fraction of sp³-hybridized carbons (Fsp3) is 0.625. The van der Waals surface area contributed by atoms with Gasteiger partial charge in [-0.25, -0.2) is 0 Å². The molecule has 1 aliphatic heterocycles. The van der Waals surface area contributed by atoms with Crippen LogP contribution in [-0.2, 0) is 0 Å². The van der Waals surface area contributed by atoms with E-state index in [1.54, 1.807) is 0 Å². The molecule has 2 aliphatic rings. The number of aromatic nitrogens is 3. The van der Waals surface area contributed by atoms with Crippen molar-refractivity contribution in [3.8, 4) is 0 Å². The topological polar surface area (TPSA) is 92.0 Å². The molecule has 0 radical (unpaired) electrons. The summed E-state index contributed by atoms with van der Waals surface area (Å²) >= 11 is 13.1. The summed E-state index contributed by atoms with van der Waals surface area (Å²) in [6.45, 7) is 5.97. The van der Waals surface area contributed by atoms with Gasteiger partial charge in [-0.05, 0) is 69.2 Å². The summed E-state index contributed by atoms with van der Waals surface area (Å²) in [6, 6.07) is 4.31. The summed E-state index contributed by atoms with van der Waals surface area (Å²) in [5.41, 5.74) is 7.89. The van der Waals surface area contributed by atoms with Gasteiger partial charge < -0.3 is 21.3 Å². The molecule has 7 nitrogen and oxygen atoms in total. The minimum atomic E-state index is 0.121. The fourth-order valence-electron chi connectivity index (χ4n) is 5.11. The van der Waals surface area contributed by atoms with Gasteiger partial charge in [-0.15, -0.1) is 0 Å². The third kappa shape index (κ3) is 5.81. The lowest BCUT2D eigenvalue weighted by atomic mass is 9.89. The molecule has 33 heavy (non-hydrogen) atoms. The predicted octanol–water partition coefficient (Wildman–Crippen LogP) is 5.73. The van der Waals surface area contributed by atoms with E-state index in [4.69, 9.17) is 33.9 Å². The van der Waals surface area contributed by atoms with Crippen LogP contribution >= 0.6 is 23.2 Å². The summed E-state index contributed by atoms with van der Waals surface area (Å²) in [7, 11) is 0. The molecule has 180 valence electrons. The largest absolute Gasteiger partial charge is 0.368 e. The Kier molecular flexibility index (Phi) is 8.15. The highest BCUT2D eigenvalue weighted by atomic mass is 35.5. The first kappa shape index (κ1) is 24.3. The average Bonchev–Trinajstić information content (AvgIpc) is 3.34. The molecule has 2 unspecified atom stereocenters. The quantitative estimate of drug-likeness (QED) is 0.433. The number of nitrogen functional groups attached to an aromatic ring is 1. The lowest BCUT2D eigenvalue weighted by Gasteiger charge is -2.35. The average molecular weight is 492 g/mol. The molecular weight excluding hydrogens is 457 g/mol. The Labute approximate surface area is 206 Å². The number of hydrogen-bond acceptors (Lipinski definition) is 7. The maximum absolute atomic E-state index is 6.54. The summed E-state index contributed by atoms with van der Waals surface area (Å²) in [4.78, 5) is 15.9. The van der Waals surface area contributed by atoms with Crippen molar-refractivity contribution in [2.24, 2.45) is 5.92 Å². The molecule has 0 spiro atoms. The van der Waals surface area contributed by atoms with Crippen LogP contribution in [0.4, 0.5) is 23.5 Å². The molecule has 1 aromatic carbocycles. The lowest BCUT2D eigenvalue weighted by Crippen LogP contribution is -2.46. The number of nitrogens with one attached hydrogen (secondary N) is 2. The van der Waals surface area contributed by atoms with Crippen LogP contribution < -0.4 is 21.3 Å². The Balaban J connectivity index is 1.69. The second kappa shape index (κ2) is 11.1. The number of halogens is 2. The van der Waals surface area contributed by atoms with E-state index in [0.29, 0.717) is 33.9 Å². The highest BCUT2D eigenvalue weighted by Gasteiger charge is 2.32. The van der Waals surface area contributed by atoms with E-state index >= 15 is 0 Å². The van der Waals surface area contributed by atoms with E-state index in [0.717, 1.165) is 43.6 Å². The number of benzene rings is 1. The van der Waals surface area contributed by atoms with Gasteiger partial charge in [0.1, 0.15) is 0 Å². The smallest absolute Gasteiger partial charge is 0.236 e. The van der Waals surface area contributed by atoms with Crippen molar-refractivity contribution >= 4 is 46.7 Å². The number of rotatable bonds is 8. The van der Waals surface area contributed by atoms with Gasteiger partial charge in [0, 0.05) is 28.3 Å². The van der Waals surface area contributed by atoms with Gasteiger partial charge in [0.2, 0.25) is 17.8 Å². The van der Waals surface area contributed by atoms with E-state index in [1.165, 1.54) is 32.1 Å². The molecule has 1 aliphatic carbocycles. The SMILES string of the molecule is CCC(C1CCCN1)N(c1cc(Cl)c(C)c(Cl)c1)c1nc(N)nc(NCC2CCCCC2)n1. The van der Waals surface area contributed by atoms with E-state index in [-0.39, 0.29) is 12.0 Å². The zero-order valence-corrected chi connectivity index (χ0v) is 21.1. The summed E-state index contributed by atoms with van der Waals surface area (Å²) in [6.07, 6.45) is 9.57. The van der Waals surface area contributed by atoms with Crippen LogP contribution in [0.1, 0.15) is 63.9 Å². The fourth-order valence-corrected chi connectivity index (χ4v) is 5.58. The molecular formula is C24H35Cl2N7. The Morgan fingerprint density at radius 2 is 1.82 bits per heavy atom. The number of hydrogen-bond donors (Lipinski definition) is 3. The molecule has 1 saturated carbocycles. The minimum absolute atomic E-state index is 0.121. The van der Waals surface area contributed by atoms with Crippen molar-refractivity contribution in [1.82, 2.24) is 20.3 Å². The van der Waals surface area contributed by atoms with Gasteiger partial charge in [-0.1, -0.05) is 49.4 Å². The van der Waals surface area contributed by atoms with Crippen molar-refractivity contribution in [2.75, 3.05) is 29.0 Å². The van der Waals surface area contributed by atoms with Crippen molar-refractivity contribution in [3.05, 3.63) is 27.7 Å². The van der Waals surface area contributed by atoms with Crippen molar-refractivity contribution in [1.29, 1.82) is 0 Å². The van der Waals surface area contributed by atoms with Crippen LogP contribution in [0, 0.1) is 12.8 Å². The Bertz CT molecular complexity index is 919. The number of nitrogens with zero attached hydrogens (tertiary/aromatic N) is 4. The van der Waals surface area contributed by atoms with E-state index in [2.05, 4.69) is 32.4 Å². The number of anilines is 4. The third-order valence-electron chi connectivity index (χ3n) is 6.99. The minimum Gasteiger partial charge on any atom is -0.368 e. The van der Waals surface area contributed by atoms with E-state index in [9.17, 15) is 0 Å². The van der Waals surface area contributed by atoms with Crippen LogP contribution in [-0.4, -0.2) is 40.1 Å². The van der Waals surface area contributed by atoms with Gasteiger partial charge in [-0.3, -0.25) is 0 Å². The molecule has 1 saturated heterocycles. The second-order valence-electron chi connectivity index (χ2n) is 9.29. The molecule has 2 aromatic rings. The predicted molar refractivity (Wildman–Crippen MR) is 138 cm³/mol. The Morgan fingerprint density at radius 1 is 1.09 bits per heavy atom. The summed E-state index contributed by atoms with van der Waals surface area (Å²) < 4.78 is 0. The molecule has 0 bridgehead atoms. The van der Waals surface area contributed by atoms with Crippen LogP contribution in [0.2, 0.25) is 10.0 Å². The molecule has 1 aromatic heterocycles. The van der Waals surface area contributed by atoms with Gasteiger partial charge in [0.05, 0.1) is 6.04 Å². The highest BCUT2D eigenvalue weighted by molar-refractivity contribution is 6.36. The van der Waals surface area contributed by atoms with Crippen molar-refractivity contribution in [3.63, 3.8) is 0 Å². The summed E-state index contributed by atoms with van der Waals surface area (Å²) in [5, 5.41) is 8.30. The van der Waals surface area contributed by atoms with E-state index < -0.39 is 0 Å². The Hall–Kier alpha value is -1.83. The van der Waals surface area contributed by atoms with Crippen molar-refractivity contribution in [2.45, 2.75) is 77.3 Å². The highest BCUT2D eigenvalue weighted by Crippen LogP contribution is 2.36. The Morgan fingerprint density at radius 3 is 2.45 bits per heavy atom. The molecule has 9 heteroatoms. The first-order chi connectivity index (χ1) is 16.0. The molecule has 4 rings (SSSR count).